The van der Waals surface area contributed by atoms with Crippen LogP contribution in [0, 0.1) is 5.92 Å². The van der Waals surface area contributed by atoms with Crippen molar-refractivity contribution < 1.29 is 9.53 Å². The lowest BCUT2D eigenvalue weighted by atomic mass is 9.90. The highest BCUT2D eigenvalue weighted by atomic mass is 16.5. The molecule has 4 aromatic rings. The smallest absolute Gasteiger partial charge is 0.270 e. The van der Waals surface area contributed by atoms with Crippen LogP contribution in [0.1, 0.15) is 34.5 Å². The summed E-state index contributed by atoms with van der Waals surface area (Å²) in [6.07, 6.45) is 3.21. The average Bonchev–Trinajstić information content (AvgIpc) is 3.28. The molecule has 0 atom stereocenters. The van der Waals surface area contributed by atoms with Gasteiger partial charge in [-0.3, -0.25) is 4.79 Å². The Kier molecular flexibility index (Phi) is 5.93. The molecule has 5 rings (SSSR count). The lowest BCUT2D eigenvalue weighted by Crippen LogP contribution is -2.39. The third-order valence-electron chi connectivity index (χ3n) is 6.34. The first-order valence-electron chi connectivity index (χ1n) is 11.4. The fourth-order valence-corrected chi connectivity index (χ4v) is 4.51. The van der Waals surface area contributed by atoms with Gasteiger partial charge in [-0.25, -0.2) is 0 Å². The molecule has 2 heterocycles. The Labute approximate surface area is 188 Å². The summed E-state index contributed by atoms with van der Waals surface area (Å²) in [6, 6.07) is 28.7. The number of hydrogen-bond acceptors (Lipinski definition) is 2. The molecule has 0 bridgehead atoms. The van der Waals surface area contributed by atoms with Crippen molar-refractivity contribution in [3.8, 4) is 5.75 Å². The number of piperidine rings is 1. The van der Waals surface area contributed by atoms with E-state index in [-0.39, 0.29) is 5.91 Å². The summed E-state index contributed by atoms with van der Waals surface area (Å²) in [5.74, 6) is 1.53. The SMILES string of the molecule is O=C(c1cc2ccc(OCc3ccccc3)cc2[nH]1)N1CCC(Cc2ccccc2)CC1. The molecule has 0 unspecified atom stereocenters. The van der Waals surface area contributed by atoms with Crippen molar-refractivity contribution >= 4 is 16.8 Å². The van der Waals surface area contributed by atoms with E-state index in [1.54, 1.807) is 0 Å². The molecule has 162 valence electrons. The molecule has 4 heteroatoms. The van der Waals surface area contributed by atoms with E-state index in [0.717, 1.165) is 54.6 Å². The van der Waals surface area contributed by atoms with E-state index in [2.05, 4.69) is 35.3 Å². The zero-order chi connectivity index (χ0) is 21.8. The van der Waals surface area contributed by atoms with Gasteiger partial charge in [0.25, 0.3) is 5.91 Å². The number of carbonyl (C=O) groups excluding carboxylic acids is 1. The van der Waals surface area contributed by atoms with Crippen LogP contribution in [0.2, 0.25) is 0 Å². The molecular weight excluding hydrogens is 396 g/mol. The van der Waals surface area contributed by atoms with Gasteiger partial charge in [-0.15, -0.1) is 0 Å². The lowest BCUT2D eigenvalue weighted by Gasteiger charge is -2.31. The third-order valence-corrected chi connectivity index (χ3v) is 6.34. The summed E-state index contributed by atoms with van der Waals surface area (Å²) < 4.78 is 5.93. The first-order chi connectivity index (χ1) is 15.7. The first kappa shape index (κ1) is 20.4. The number of benzene rings is 3. The molecule has 0 spiro atoms. The highest BCUT2D eigenvalue weighted by Gasteiger charge is 2.24. The minimum absolute atomic E-state index is 0.0890. The number of H-pyrrole nitrogens is 1. The maximum Gasteiger partial charge on any atom is 0.270 e. The topological polar surface area (TPSA) is 45.3 Å². The summed E-state index contributed by atoms with van der Waals surface area (Å²) in [6.45, 7) is 2.16. The Morgan fingerprint density at radius 3 is 2.28 bits per heavy atom. The molecule has 1 aliphatic heterocycles. The number of aromatic amines is 1. The zero-order valence-corrected chi connectivity index (χ0v) is 18.2. The van der Waals surface area contributed by atoms with Crippen molar-refractivity contribution in [3.63, 3.8) is 0 Å². The van der Waals surface area contributed by atoms with Crippen molar-refractivity contribution in [1.82, 2.24) is 9.88 Å². The fraction of sp³-hybridized carbons (Fsp3) is 0.250. The van der Waals surface area contributed by atoms with Gasteiger partial charge in [0, 0.05) is 30.1 Å². The molecule has 0 aliphatic carbocycles. The van der Waals surface area contributed by atoms with Crippen LogP contribution in [0.4, 0.5) is 0 Å². The summed E-state index contributed by atoms with van der Waals surface area (Å²) in [7, 11) is 0. The molecule has 0 radical (unpaired) electrons. The molecule has 1 amide bonds. The van der Waals surface area contributed by atoms with Gasteiger partial charge in [-0.05, 0) is 54.5 Å². The van der Waals surface area contributed by atoms with Crippen LogP contribution in [0.5, 0.6) is 5.75 Å². The van der Waals surface area contributed by atoms with Crippen molar-refractivity contribution in [2.45, 2.75) is 25.9 Å². The largest absolute Gasteiger partial charge is 0.489 e. The second kappa shape index (κ2) is 9.31. The molecule has 1 N–H and O–H groups in total. The standard InChI is InChI=1S/C28H28N2O2/c31-28(30-15-13-22(14-16-30)17-21-7-3-1-4-8-21)27-18-24-11-12-25(19-26(24)29-27)32-20-23-9-5-2-6-10-23/h1-12,18-19,22,29H,13-17,20H2. The normalized spacial score (nSPS) is 14.6. The van der Waals surface area contributed by atoms with Crippen LogP contribution in [-0.2, 0) is 13.0 Å². The van der Waals surface area contributed by atoms with E-state index in [1.807, 2.05) is 59.5 Å². The van der Waals surface area contributed by atoms with E-state index in [4.69, 9.17) is 4.74 Å². The molecule has 4 nitrogen and oxygen atoms in total. The van der Waals surface area contributed by atoms with E-state index in [1.165, 1.54) is 5.56 Å². The first-order valence-corrected chi connectivity index (χ1v) is 11.4. The van der Waals surface area contributed by atoms with Crippen LogP contribution < -0.4 is 4.74 Å². The summed E-state index contributed by atoms with van der Waals surface area (Å²) >= 11 is 0. The van der Waals surface area contributed by atoms with Gasteiger partial charge in [0.05, 0.1) is 0 Å². The van der Waals surface area contributed by atoms with Gasteiger partial charge < -0.3 is 14.6 Å². The van der Waals surface area contributed by atoms with E-state index < -0.39 is 0 Å². The van der Waals surface area contributed by atoms with Crippen molar-refractivity contribution in [3.05, 3.63) is 102 Å². The Morgan fingerprint density at radius 2 is 1.56 bits per heavy atom. The van der Waals surface area contributed by atoms with Crippen LogP contribution in [0.25, 0.3) is 10.9 Å². The number of carbonyl (C=O) groups is 1. The molecular formula is C28H28N2O2. The predicted octanol–water partition coefficient (Wildman–Crippen LogP) is 5.84. The molecule has 3 aromatic carbocycles. The third kappa shape index (κ3) is 4.70. The van der Waals surface area contributed by atoms with Crippen molar-refractivity contribution in [2.75, 3.05) is 13.1 Å². The quantitative estimate of drug-likeness (QED) is 0.422. The monoisotopic (exact) mass is 424 g/mol. The second-order valence-electron chi connectivity index (χ2n) is 8.63. The van der Waals surface area contributed by atoms with Gasteiger partial charge >= 0.3 is 0 Å². The molecule has 1 aliphatic rings. The van der Waals surface area contributed by atoms with Gasteiger partial charge in [-0.2, -0.15) is 0 Å². The highest BCUT2D eigenvalue weighted by Crippen LogP contribution is 2.26. The number of nitrogens with one attached hydrogen (secondary N) is 1. The maximum atomic E-state index is 13.1. The predicted molar refractivity (Wildman–Crippen MR) is 128 cm³/mol. The lowest BCUT2D eigenvalue weighted by molar-refractivity contribution is 0.0685. The Bertz CT molecular complexity index is 1180. The van der Waals surface area contributed by atoms with Crippen LogP contribution in [0.15, 0.2) is 84.9 Å². The average molecular weight is 425 g/mol. The van der Waals surface area contributed by atoms with Gasteiger partial charge in [0.1, 0.15) is 18.1 Å². The van der Waals surface area contributed by atoms with Gasteiger partial charge in [0.15, 0.2) is 0 Å². The number of amides is 1. The van der Waals surface area contributed by atoms with Crippen LogP contribution in [-0.4, -0.2) is 28.9 Å². The number of aromatic nitrogens is 1. The Morgan fingerprint density at radius 1 is 0.875 bits per heavy atom. The Hall–Kier alpha value is -3.53. The number of likely N-dealkylation sites (tertiary alicyclic amines) is 1. The van der Waals surface area contributed by atoms with E-state index in [9.17, 15) is 4.79 Å². The summed E-state index contributed by atoms with van der Waals surface area (Å²) in [5.41, 5.74) is 4.10. The Balaban J connectivity index is 1.20. The van der Waals surface area contributed by atoms with Crippen molar-refractivity contribution in [1.29, 1.82) is 0 Å². The van der Waals surface area contributed by atoms with Gasteiger partial charge in [0.2, 0.25) is 0 Å². The number of ether oxygens (including phenoxy) is 1. The second-order valence-corrected chi connectivity index (χ2v) is 8.63. The van der Waals surface area contributed by atoms with Gasteiger partial charge in [-0.1, -0.05) is 60.7 Å². The van der Waals surface area contributed by atoms with Crippen LogP contribution in [0.3, 0.4) is 0 Å². The van der Waals surface area contributed by atoms with Crippen molar-refractivity contribution in [2.24, 2.45) is 5.92 Å². The zero-order valence-electron chi connectivity index (χ0n) is 18.2. The maximum absolute atomic E-state index is 13.1. The molecule has 1 fully saturated rings. The van der Waals surface area contributed by atoms with E-state index in [0.29, 0.717) is 18.2 Å². The minimum Gasteiger partial charge on any atom is -0.489 e. The molecule has 1 saturated heterocycles. The highest BCUT2D eigenvalue weighted by molar-refractivity contribution is 5.98. The van der Waals surface area contributed by atoms with Crippen LogP contribution >= 0.6 is 0 Å². The molecule has 32 heavy (non-hydrogen) atoms. The molecule has 0 saturated carbocycles. The minimum atomic E-state index is 0.0890. The molecule has 1 aromatic heterocycles. The number of hydrogen-bond donors (Lipinski definition) is 1. The summed E-state index contributed by atoms with van der Waals surface area (Å²) in [5, 5.41) is 1.03. The number of nitrogens with zero attached hydrogens (tertiary/aromatic N) is 1. The fourth-order valence-electron chi connectivity index (χ4n) is 4.51. The number of rotatable bonds is 6. The number of fused-ring (bicyclic) bond motifs is 1. The summed E-state index contributed by atoms with van der Waals surface area (Å²) in [4.78, 5) is 18.4. The van der Waals surface area contributed by atoms with E-state index >= 15 is 0 Å².